The first kappa shape index (κ1) is 55.2. The predicted molar refractivity (Wildman–Crippen MR) is 225 cm³/mol. The lowest BCUT2D eigenvalue weighted by molar-refractivity contribution is -0.145. The number of nitrogens with zero attached hydrogens (tertiary/aromatic N) is 1. The zero-order valence-corrected chi connectivity index (χ0v) is 36.1. The van der Waals surface area contributed by atoms with Crippen LogP contribution < -0.4 is 60.2 Å². The van der Waals surface area contributed by atoms with Crippen molar-refractivity contribution < 1.29 is 53.7 Å². The van der Waals surface area contributed by atoms with Crippen molar-refractivity contribution in [2.45, 2.75) is 135 Å². The van der Waals surface area contributed by atoms with E-state index in [1.807, 2.05) is 0 Å². The second-order valence-corrected chi connectivity index (χ2v) is 15.5. The molecule has 0 heterocycles. The fourth-order valence-corrected chi connectivity index (χ4v) is 5.60. The Morgan fingerprint density at radius 3 is 1.58 bits per heavy atom. The highest BCUT2D eigenvalue weighted by atomic mass is 32.1. The fourth-order valence-electron chi connectivity index (χ4n) is 5.43. The largest absolute Gasteiger partial charge is 0.480 e. The van der Waals surface area contributed by atoms with E-state index in [2.05, 4.69) is 54.8 Å². The summed E-state index contributed by atoms with van der Waals surface area (Å²) in [4.78, 5) is 108. The fraction of sp³-hybridized carbons (Fsp3) is 0.750. The van der Waals surface area contributed by atoms with E-state index >= 15 is 0 Å². The number of carboxylic acid groups (broad SMARTS) is 1. The van der Waals surface area contributed by atoms with Crippen molar-refractivity contribution in [3.8, 4) is 0 Å². The Hall–Kier alpha value is -4.78. The molecule has 0 radical (unpaired) electrons. The lowest BCUT2D eigenvalue weighted by atomic mass is 9.99. The van der Waals surface area contributed by atoms with E-state index in [1.165, 1.54) is 6.92 Å². The van der Waals surface area contributed by atoms with Crippen LogP contribution in [0.1, 0.15) is 80.1 Å². The number of carbonyl (C=O) groups is 8. The molecule has 7 amide bonds. The number of hydrogen-bond donors (Lipinski definition) is 15. The van der Waals surface area contributed by atoms with Crippen molar-refractivity contribution in [1.29, 1.82) is 0 Å². The minimum absolute atomic E-state index is 0.0221. The molecule has 0 aromatic carbocycles. The van der Waals surface area contributed by atoms with E-state index in [-0.39, 0.29) is 56.4 Å². The van der Waals surface area contributed by atoms with Crippen LogP contribution >= 0.6 is 12.6 Å². The first-order chi connectivity index (χ1) is 28.0. The van der Waals surface area contributed by atoms with Gasteiger partial charge in [0.15, 0.2) is 12.0 Å². The molecule has 0 saturated heterocycles. The van der Waals surface area contributed by atoms with Gasteiger partial charge in [0, 0.05) is 12.3 Å². The van der Waals surface area contributed by atoms with Crippen molar-refractivity contribution in [3.05, 3.63) is 0 Å². The van der Waals surface area contributed by atoms with Gasteiger partial charge in [-0.1, -0.05) is 27.7 Å². The molecule has 0 bridgehead atoms. The molecule has 0 unspecified atom stereocenters. The lowest BCUT2D eigenvalue weighted by Crippen LogP contribution is -2.61. The summed E-state index contributed by atoms with van der Waals surface area (Å²) in [7, 11) is 0. The van der Waals surface area contributed by atoms with Crippen LogP contribution in [0.2, 0.25) is 0 Å². The minimum atomic E-state index is -1.66. The van der Waals surface area contributed by atoms with Gasteiger partial charge in [-0.15, -0.1) is 0 Å². The Labute approximate surface area is 355 Å². The molecule has 0 aliphatic heterocycles. The highest BCUT2D eigenvalue weighted by Gasteiger charge is 2.34. The summed E-state index contributed by atoms with van der Waals surface area (Å²) >= 11 is 4.01. The summed E-state index contributed by atoms with van der Waals surface area (Å²) < 4.78 is 0. The number of nitrogens with two attached hydrogens (primary N) is 4. The average molecular weight is 877 g/mol. The van der Waals surface area contributed by atoms with Crippen LogP contribution in [0.15, 0.2) is 4.99 Å². The minimum Gasteiger partial charge on any atom is -0.480 e. The molecule has 0 rings (SSSR count). The molecule has 344 valence electrons. The Morgan fingerprint density at radius 2 is 1.12 bits per heavy atom. The van der Waals surface area contributed by atoms with E-state index in [9.17, 15) is 53.7 Å². The Kier molecular flexibility index (Phi) is 26.4. The molecule has 0 saturated carbocycles. The summed E-state index contributed by atoms with van der Waals surface area (Å²) in [6.07, 6.45) is -0.490. The zero-order valence-electron chi connectivity index (χ0n) is 35.2. The van der Waals surface area contributed by atoms with Gasteiger partial charge in [0.2, 0.25) is 41.4 Å². The number of carboxylic acids is 1. The van der Waals surface area contributed by atoms with Gasteiger partial charge >= 0.3 is 5.97 Å². The molecule has 0 aromatic heterocycles. The monoisotopic (exact) mass is 876 g/mol. The average Bonchev–Trinajstić information content (AvgIpc) is 3.16. The van der Waals surface area contributed by atoms with Gasteiger partial charge in [-0.05, 0) is 70.8 Å². The van der Waals surface area contributed by atoms with Gasteiger partial charge in [-0.3, -0.25) is 38.6 Å². The molecular formula is C36H68N12O11S. The van der Waals surface area contributed by atoms with Crippen molar-refractivity contribution in [3.63, 3.8) is 0 Å². The standard InChI is InChI=1S/C36H68N12O11S/c1-17(2)14-24(45-34(57)26(18(3)4)47-29(52)21(38)16-60)32(55)46-25(15-49)33(56)44-23(11-9-13-41-36(39)40)31(54)43-22(10-7-8-12-37)30(53)42-19(5)28(51)48-27(20(6)50)35(58)59/h17-27,49-50,60H,7-16,37-38H2,1-6H3,(H,42,53)(H,43,54)(H,44,56)(H,45,57)(H,46,55)(H,47,52)(H,48,51)(H,58,59)(H4,39,40,41)/t19-,20+,21-,22-,23-,24-,25-,26-,27-/m0/s1. The van der Waals surface area contributed by atoms with E-state index < -0.39 is 114 Å². The number of unbranched alkanes of at least 4 members (excludes halogenated alkanes) is 1. The van der Waals surface area contributed by atoms with Crippen LogP contribution in [0.25, 0.3) is 0 Å². The van der Waals surface area contributed by atoms with Crippen LogP contribution in [0.5, 0.6) is 0 Å². The number of nitrogens with one attached hydrogen (secondary N) is 7. The van der Waals surface area contributed by atoms with Crippen LogP contribution in [0.3, 0.4) is 0 Å². The number of aliphatic imine (C=N–C) groups is 1. The number of guanidine groups is 1. The SMILES string of the molecule is CC(C)C[C@H](NC(=O)[C@@H](NC(=O)[C@@H](N)CS)C(C)C)C(=O)N[C@@H](CO)C(=O)N[C@@H](CCCN=C(N)N)C(=O)N[C@@H](CCCCN)C(=O)N[C@@H](C)C(=O)N[C@H](C(=O)O)[C@@H](C)O. The predicted octanol–water partition coefficient (Wildman–Crippen LogP) is -5.00. The van der Waals surface area contributed by atoms with Gasteiger partial charge < -0.3 is 75.5 Å². The van der Waals surface area contributed by atoms with E-state index in [0.717, 1.165) is 6.92 Å². The van der Waals surface area contributed by atoms with Crippen molar-refractivity contribution in [2.24, 2.45) is 39.8 Å². The molecule has 18 N–H and O–H groups in total. The Balaban J connectivity index is 6.31. The molecule has 23 nitrogen and oxygen atoms in total. The molecule has 24 heteroatoms. The second kappa shape index (κ2) is 28.6. The number of amides is 7. The maximum absolute atomic E-state index is 13.8. The van der Waals surface area contributed by atoms with Gasteiger partial charge in [0.05, 0.1) is 18.8 Å². The number of thiol groups is 1. The van der Waals surface area contributed by atoms with Gasteiger partial charge in [0.1, 0.15) is 36.3 Å². The first-order valence-electron chi connectivity index (χ1n) is 19.8. The van der Waals surface area contributed by atoms with Gasteiger partial charge in [-0.25, -0.2) is 4.79 Å². The van der Waals surface area contributed by atoms with Crippen LogP contribution in [-0.4, -0.2) is 148 Å². The number of rotatable bonds is 29. The van der Waals surface area contributed by atoms with Crippen molar-refractivity contribution in [2.75, 3.05) is 25.4 Å². The highest BCUT2D eigenvalue weighted by Crippen LogP contribution is 2.10. The van der Waals surface area contributed by atoms with Crippen molar-refractivity contribution in [1.82, 2.24) is 37.2 Å². The second-order valence-electron chi connectivity index (χ2n) is 15.1. The van der Waals surface area contributed by atoms with E-state index in [1.54, 1.807) is 27.7 Å². The molecule has 0 spiro atoms. The highest BCUT2D eigenvalue weighted by molar-refractivity contribution is 7.80. The number of carbonyl (C=O) groups excluding carboxylic acids is 7. The number of aliphatic carboxylic acids is 1. The normalized spacial score (nSPS) is 15.7. The lowest BCUT2D eigenvalue weighted by Gasteiger charge is -2.28. The summed E-state index contributed by atoms with van der Waals surface area (Å²) in [6.45, 7) is 8.71. The molecule has 9 atom stereocenters. The van der Waals surface area contributed by atoms with Crippen LogP contribution in [0.4, 0.5) is 0 Å². The first-order valence-corrected chi connectivity index (χ1v) is 20.4. The summed E-state index contributed by atoms with van der Waals surface area (Å²) in [5, 5.41) is 46.4. The third kappa shape index (κ3) is 21.0. The molecular weight excluding hydrogens is 809 g/mol. The molecule has 0 aliphatic rings. The topological polar surface area (TPSA) is 398 Å². The molecule has 0 aliphatic carbocycles. The number of hydrogen-bond acceptors (Lipinski definition) is 14. The number of aliphatic hydroxyl groups is 2. The molecule has 60 heavy (non-hydrogen) atoms. The molecule has 0 fully saturated rings. The van der Waals surface area contributed by atoms with Gasteiger partial charge in [0.25, 0.3) is 0 Å². The van der Waals surface area contributed by atoms with E-state index in [0.29, 0.717) is 12.8 Å². The van der Waals surface area contributed by atoms with Crippen LogP contribution in [-0.2, 0) is 38.4 Å². The van der Waals surface area contributed by atoms with Crippen LogP contribution in [0, 0.1) is 11.8 Å². The quantitative estimate of drug-likeness (QED) is 0.0145. The maximum atomic E-state index is 13.8. The number of aliphatic hydroxyl groups excluding tert-OH is 2. The maximum Gasteiger partial charge on any atom is 0.328 e. The Bertz CT molecular complexity index is 1470. The smallest absolute Gasteiger partial charge is 0.328 e. The Morgan fingerprint density at radius 1 is 0.633 bits per heavy atom. The third-order valence-corrected chi connectivity index (χ3v) is 9.29. The summed E-state index contributed by atoms with van der Waals surface area (Å²) in [5.74, 6) is -8.09. The van der Waals surface area contributed by atoms with Gasteiger partial charge in [-0.2, -0.15) is 12.6 Å². The third-order valence-electron chi connectivity index (χ3n) is 8.89. The van der Waals surface area contributed by atoms with E-state index in [4.69, 9.17) is 22.9 Å². The zero-order chi connectivity index (χ0) is 46.3. The summed E-state index contributed by atoms with van der Waals surface area (Å²) in [6, 6.07) is -10.6. The van der Waals surface area contributed by atoms with Crippen molar-refractivity contribution >= 4 is 65.9 Å². The molecule has 0 aromatic rings. The summed E-state index contributed by atoms with van der Waals surface area (Å²) in [5.41, 5.74) is 22.2.